The van der Waals surface area contributed by atoms with Crippen LogP contribution < -0.4 is 25.4 Å². The summed E-state index contributed by atoms with van der Waals surface area (Å²) in [5, 5.41) is 6.91. The Labute approximate surface area is 149 Å². The van der Waals surface area contributed by atoms with E-state index in [1.807, 2.05) is 5.32 Å². The standard InChI is InChI=1S/C16H19N3O7/c1-10(20)17-5-4-15(22)26-9-14(21)19-16(23)18-11-2-3-12-13(8-11)25-7-6-24-12/h2-3,8H,4-7,9H2,1H3,(H,17,20)(H2,18,19,21,23). The van der Waals surface area contributed by atoms with Crippen molar-refractivity contribution in [1.82, 2.24) is 10.6 Å². The maximum absolute atomic E-state index is 11.8. The Morgan fingerprint density at radius 2 is 1.85 bits per heavy atom. The Hall–Kier alpha value is -3.30. The molecule has 0 aliphatic carbocycles. The number of hydrogen-bond acceptors (Lipinski definition) is 7. The third-order valence-corrected chi connectivity index (χ3v) is 3.12. The van der Waals surface area contributed by atoms with Crippen LogP contribution in [0.5, 0.6) is 11.5 Å². The van der Waals surface area contributed by atoms with E-state index in [2.05, 4.69) is 10.6 Å². The predicted molar refractivity (Wildman–Crippen MR) is 88.9 cm³/mol. The van der Waals surface area contributed by atoms with E-state index in [9.17, 15) is 19.2 Å². The van der Waals surface area contributed by atoms with E-state index < -0.39 is 24.5 Å². The molecule has 10 heteroatoms. The van der Waals surface area contributed by atoms with E-state index in [1.165, 1.54) is 6.92 Å². The van der Waals surface area contributed by atoms with Crippen molar-refractivity contribution in [1.29, 1.82) is 0 Å². The van der Waals surface area contributed by atoms with Crippen molar-refractivity contribution in [2.24, 2.45) is 0 Å². The van der Waals surface area contributed by atoms with Crippen molar-refractivity contribution >= 4 is 29.5 Å². The molecule has 1 aromatic carbocycles. The molecule has 0 saturated carbocycles. The van der Waals surface area contributed by atoms with Gasteiger partial charge in [-0.1, -0.05) is 0 Å². The fourth-order valence-electron chi connectivity index (χ4n) is 2.00. The van der Waals surface area contributed by atoms with Crippen LogP contribution in [0.4, 0.5) is 10.5 Å². The van der Waals surface area contributed by atoms with Crippen LogP contribution in [0.3, 0.4) is 0 Å². The fraction of sp³-hybridized carbons (Fsp3) is 0.375. The molecule has 0 unspecified atom stereocenters. The van der Waals surface area contributed by atoms with Gasteiger partial charge in [0.15, 0.2) is 18.1 Å². The van der Waals surface area contributed by atoms with Crippen LogP contribution in [-0.2, 0) is 19.1 Å². The molecule has 140 valence electrons. The van der Waals surface area contributed by atoms with Gasteiger partial charge in [0, 0.05) is 25.2 Å². The topological polar surface area (TPSA) is 132 Å². The van der Waals surface area contributed by atoms with Gasteiger partial charge in [-0.2, -0.15) is 0 Å². The van der Waals surface area contributed by atoms with Gasteiger partial charge >= 0.3 is 12.0 Å². The average Bonchev–Trinajstić information content (AvgIpc) is 2.59. The van der Waals surface area contributed by atoms with Gasteiger partial charge in [-0.05, 0) is 12.1 Å². The third-order valence-electron chi connectivity index (χ3n) is 3.12. The van der Waals surface area contributed by atoms with E-state index in [0.29, 0.717) is 30.4 Å². The largest absolute Gasteiger partial charge is 0.486 e. The number of urea groups is 1. The van der Waals surface area contributed by atoms with E-state index in [1.54, 1.807) is 18.2 Å². The third kappa shape index (κ3) is 6.30. The molecule has 0 radical (unpaired) electrons. The molecule has 0 saturated heterocycles. The Balaban J connectivity index is 1.71. The highest BCUT2D eigenvalue weighted by Crippen LogP contribution is 2.32. The summed E-state index contributed by atoms with van der Waals surface area (Å²) in [5.74, 6) is -0.654. The van der Waals surface area contributed by atoms with Crippen molar-refractivity contribution in [2.75, 3.05) is 31.7 Å². The number of amides is 4. The van der Waals surface area contributed by atoms with Crippen molar-refractivity contribution in [3.63, 3.8) is 0 Å². The highest BCUT2D eigenvalue weighted by atomic mass is 16.6. The average molecular weight is 365 g/mol. The first-order valence-electron chi connectivity index (χ1n) is 7.84. The normalized spacial score (nSPS) is 11.9. The maximum atomic E-state index is 11.8. The summed E-state index contributed by atoms with van der Waals surface area (Å²) in [7, 11) is 0. The molecule has 0 spiro atoms. The number of fused-ring (bicyclic) bond motifs is 1. The Bertz CT molecular complexity index is 705. The lowest BCUT2D eigenvalue weighted by atomic mass is 10.2. The zero-order chi connectivity index (χ0) is 18.9. The molecule has 0 atom stereocenters. The van der Waals surface area contributed by atoms with Crippen LogP contribution in [0.25, 0.3) is 0 Å². The molecule has 4 amide bonds. The van der Waals surface area contributed by atoms with E-state index in [-0.39, 0.29) is 18.9 Å². The molecule has 26 heavy (non-hydrogen) atoms. The molecule has 3 N–H and O–H groups in total. The SMILES string of the molecule is CC(=O)NCCC(=O)OCC(=O)NC(=O)Nc1ccc2c(c1)OCCO2. The number of anilines is 1. The number of carbonyl (C=O) groups is 4. The van der Waals surface area contributed by atoms with Gasteiger partial charge in [0.05, 0.1) is 6.42 Å². The number of hydrogen-bond donors (Lipinski definition) is 3. The second-order valence-corrected chi connectivity index (χ2v) is 5.25. The minimum absolute atomic E-state index is 0.0732. The molecule has 1 aliphatic rings. The Kier molecular flexibility index (Phi) is 6.77. The van der Waals surface area contributed by atoms with Gasteiger partial charge < -0.3 is 24.8 Å². The van der Waals surface area contributed by atoms with Gasteiger partial charge in [-0.25, -0.2) is 4.79 Å². The summed E-state index contributed by atoms with van der Waals surface area (Å²) >= 11 is 0. The van der Waals surface area contributed by atoms with E-state index in [0.717, 1.165) is 0 Å². The number of carbonyl (C=O) groups excluding carboxylic acids is 4. The quantitative estimate of drug-likeness (QED) is 0.612. The Morgan fingerprint density at radius 3 is 2.58 bits per heavy atom. The van der Waals surface area contributed by atoms with Crippen molar-refractivity contribution in [2.45, 2.75) is 13.3 Å². The Morgan fingerprint density at radius 1 is 1.12 bits per heavy atom. The van der Waals surface area contributed by atoms with E-state index in [4.69, 9.17) is 14.2 Å². The first kappa shape index (κ1) is 19.0. The molecule has 1 aromatic rings. The van der Waals surface area contributed by atoms with Crippen LogP contribution in [0.2, 0.25) is 0 Å². The second kappa shape index (κ2) is 9.25. The van der Waals surface area contributed by atoms with Gasteiger partial charge in [0.25, 0.3) is 5.91 Å². The van der Waals surface area contributed by atoms with E-state index >= 15 is 0 Å². The van der Waals surface area contributed by atoms with Crippen LogP contribution in [0, 0.1) is 0 Å². The second-order valence-electron chi connectivity index (χ2n) is 5.25. The lowest BCUT2D eigenvalue weighted by Gasteiger charge is -2.19. The minimum atomic E-state index is -0.784. The number of rotatable bonds is 6. The molecule has 10 nitrogen and oxygen atoms in total. The van der Waals surface area contributed by atoms with Gasteiger partial charge in [-0.3, -0.25) is 19.7 Å². The smallest absolute Gasteiger partial charge is 0.325 e. The number of esters is 1. The number of nitrogens with one attached hydrogen (secondary N) is 3. The van der Waals surface area contributed by atoms with Gasteiger partial charge in [0.1, 0.15) is 13.2 Å². The summed E-state index contributed by atoms with van der Waals surface area (Å²) in [5.41, 5.74) is 0.409. The molecule has 1 aliphatic heterocycles. The molecule has 0 aromatic heterocycles. The zero-order valence-corrected chi connectivity index (χ0v) is 14.1. The summed E-state index contributed by atoms with van der Waals surface area (Å²) < 4.78 is 15.4. The first-order valence-corrected chi connectivity index (χ1v) is 7.84. The molecule has 0 bridgehead atoms. The summed E-state index contributed by atoms with van der Waals surface area (Å²) in [6, 6.07) is 4.03. The van der Waals surface area contributed by atoms with Gasteiger partial charge in [-0.15, -0.1) is 0 Å². The highest BCUT2D eigenvalue weighted by molar-refractivity contribution is 6.02. The predicted octanol–water partition coefficient (Wildman–Crippen LogP) is 0.175. The minimum Gasteiger partial charge on any atom is -0.486 e. The molecule has 0 fully saturated rings. The number of imide groups is 1. The first-order chi connectivity index (χ1) is 12.4. The molecule has 1 heterocycles. The lowest BCUT2D eigenvalue weighted by molar-refractivity contribution is -0.148. The molecular formula is C16H19N3O7. The maximum Gasteiger partial charge on any atom is 0.325 e. The monoisotopic (exact) mass is 365 g/mol. The summed E-state index contributed by atoms with van der Waals surface area (Å²) in [4.78, 5) is 45.4. The van der Waals surface area contributed by atoms with Crippen molar-refractivity contribution in [3.05, 3.63) is 18.2 Å². The van der Waals surface area contributed by atoms with Crippen molar-refractivity contribution in [3.8, 4) is 11.5 Å². The summed E-state index contributed by atoms with van der Waals surface area (Å²) in [6.45, 7) is 1.69. The number of benzene rings is 1. The van der Waals surface area contributed by atoms with Crippen LogP contribution in [0.15, 0.2) is 18.2 Å². The zero-order valence-electron chi connectivity index (χ0n) is 14.1. The number of ether oxygens (including phenoxy) is 3. The van der Waals surface area contributed by atoms with Gasteiger partial charge in [0.2, 0.25) is 5.91 Å². The van der Waals surface area contributed by atoms with Crippen LogP contribution >= 0.6 is 0 Å². The van der Waals surface area contributed by atoms with Crippen LogP contribution in [-0.4, -0.2) is 50.2 Å². The highest BCUT2D eigenvalue weighted by Gasteiger charge is 2.14. The summed E-state index contributed by atoms with van der Waals surface area (Å²) in [6.07, 6.45) is -0.0732. The fourth-order valence-corrected chi connectivity index (χ4v) is 2.00. The molecular weight excluding hydrogens is 346 g/mol. The lowest BCUT2D eigenvalue weighted by Crippen LogP contribution is -2.37. The van der Waals surface area contributed by atoms with Crippen LogP contribution in [0.1, 0.15) is 13.3 Å². The molecule has 2 rings (SSSR count). The van der Waals surface area contributed by atoms with Crippen molar-refractivity contribution < 1.29 is 33.4 Å².